The van der Waals surface area contributed by atoms with Gasteiger partial charge in [-0.2, -0.15) is 0 Å². The predicted octanol–water partition coefficient (Wildman–Crippen LogP) is 1.31. The Morgan fingerprint density at radius 2 is 2.28 bits per heavy atom. The SMILES string of the molecule is COC(=O)c1ccc(CNC(C)CCS(C)=O)o1. The molecule has 0 spiro atoms. The lowest BCUT2D eigenvalue weighted by Gasteiger charge is -2.11. The highest BCUT2D eigenvalue weighted by molar-refractivity contribution is 7.84. The summed E-state index contributed by atoms with van der Waals surface area (Å²) in [5.74, 6) is 1.09. The molecular formula is C12H19NO4S. The van der Waals surface area contributed by atoms with Crippen molar-refractivity contribution in [3.8, 4) is 0 Å². The van der Waals surface area contributed by atoms with Crippen LogP contribution in [-0.4, -0.2) is 35.3 Å². The normalized spacial score (nSPS) is 14.2. The number of esters is 1. The largest absolute Gasteiger partial charge is 0.463 e. The molecule has 6 heteroatoms. The molecule has 0 fully saturated rings. The summed E-state index contributed by atoms with van der Waals surface area (Å²) in [6, 6.07) is 3.58. The number of furan rings is 1. The van der Waals surface area contributed by atoms with Crippen LogP contribution in [0.25, 0.3) is 0 Å². The second kappa shape index (κ2) is 7.33. The van der Waals surface area contributed by atoms with Gasteiger partial charge in [0.2, 0.25) is 5.76 Å². The molecule has 1 N–H and O–H groups in total. The van der Waals surface area contributed by atoms with E-state index in [0.717, 1.165) is 6.42 Å². The first-order valence-corrected chi connectivity index (χ1v) is 7.46. The van der Waals surface area contributed by atoms with Crippen molar-refractivity contribution in [1.82, 2.24) is 5.32 Å². The van der Waals surface area contributed by atoms with Gasteiger partial charge in [0.25, 0.3) is 0 Å². The number of hydrogen-bond acceptors (Lipinski definition) is 5. The maximum Gasteiger partial charge on any atom is 0.373 e. The zero-order valence-corrected chi connectivity index (χ0v) is 11.7. The van der Waals surface area contributed by atoms with Crippen LogP contribution in [0, 0.1) is 0 Å². The topological polar surface area (TPSA) is 68.5 Å². The number of rotatable bonds is 7. The van der Waals surface area contributed by atoms with E-state index in [1.54, 1.807) is 18.4 Å². The number of nitrogens with one attached hydrogen (secondary N) is 1. The molecule has 0 aromatic carbocycles. The van der Waals surface area contributed by atoms with E-state index in [9.17, 15) is 9.00 Å². The van der Waals surface area contributed by atoms with Crippen LogP contribution in [0.15, 0.2) is 16.5 Å². The van der Waals surface area contributed by atoms with Gasteiger partial charge in [0.1, 0.15) is 5.76 Å². The maximum atomic E-state index is 11.2. The first kappa shape index (κ1) is 14.9. The summed E-state index contributed by atoms with van der Waals surface area (Å²) in [7, 11) is 0.553. The van der Waals surface area contributed by atoms with E-state index in [0.29, 0.717) is 18.1 Å². The molecule has 0 aliphatic heterocycles. The van der Waals surface area contributed by atoms with Crippen LogP contribution in [0.5, 0.6) is 0 Å². The van der Waals surface area contributed by atoms with Crippen molar-refractivity contribution in [2.24, 2.45) is 0 Å². The minimum absolute atomic E-state index is 0.205. The molecule has 0 amide bonds. The van der Waals surface area contributed by atoms with Crippen LogP contribution >= 0.6 is 0 Å². The lowest BCUT2D eigenvalue weighted by atomic mass is 10.2. The van der Waals surface area contributed by atoms with Crippen molar-refractivity contribution in [2.75, 3.05) is 19.1 Å². The molecular weight excluding hydrogens is 254 g/mol. The van der Waals surface area contributed by atoms with Gasteiger partial charge in [-0.1, -0.05) is 0 Å². The Bertz CT molecular complexity index is 416. The summed E-state index contributed by atoms with van der Waals surface area (Å²) >= 11 is 0. The second-order valence-electron chi connectivity index (χ2n) is 4.11. The van der Waals surface area contributed by atoms with Gasteiger partial charge < -0.3 is 14.5 Å². The van der Waals surface area contributed by atoms with E-state index in [1.807, 2.05) is 6.92 Å². The van der Waals surface area contributed by atoms with E-state index in [4.69, 9.17) is 4.42 Å². The summed E-state index contributed by atoms with van der Waals surface area (Å²) in [5.41, 5.74) is 0. The smallest absolute Gasteiger partial charge is 0.373 e. The van der Waals surface area contributed by atoms with Crippen molar-refractivity contribution >= 4 is 16.8 Å². The molecule has 18 heavy (non-hydrogen) atoms. The molecule has 5 nitrogen and oxygen atoms in total. The van der Waals surface area contributed by atoms with E-state index < -0.39 is 16.8 Å². The Labute approximate surface area is 109 Å². The van der Waals surface area contributed by atoms with Crippen molar-refractivity contribution in [3.05, 3.63) is 23.7 Å². The van der Waals surface area contributed by atoms with Crippen LogP contribution < -0.4 is 5.32 Å². The first-order valence-electron chi connectivity index (χ1n) is 5.73. The fraction of sp³-hybridized carbons (Fsp3) is 0.583. The summed E-state index contributed by atoms with van der Waals surface area (Å²) in [4.78, 5) is 11.2. The molecule has 0 bridgehead atoms. The van der Waals surface area contributed by atoms with Crippen LogP contribution in [-0.2, 0) is 22.1 Å². The summed E-state index contributed by atoms with van der Waals surface area (Å²) in [5, 5.41) is 3.24. The van der Waals surface area contributed by atoms with Crippen molar-refractivity contribution in [1.29, 1.82) is 0 Å². The van der Waals surface area contributed by atoms with Crippen molar-refractivity contribution in [2.45, 2.75) is 25.9 Å². The zero-order chi connectivity index (χ0) is 13.5. The molecule has 2 unspecified atom stereocenters. The Morgan fingerprint density at radius 1 is 1.56 bits per heavy atom. The van der Waals surface area contributed by atoms with Gasteiger partial charge >= 0.3 is 5.97 Å². The summed E-state index contributed by atoms with van der Waals surface area (Å²) in [6.07, 6.45) is 2.54. The Hall–Kier alpha value is -1.14. The van der Waals surface area contributed by atoms with E-state index in [1.165, 1.54) is 7.11 Å². The molecule has 0 aliphatic carbocycles. The van der Waals surface area contributed by atoms with Gasteiger partial charge in [0.15, 0.2) is 0 Å². The van der Waals surface area contributed by atoms with Crippen LogP contribution in [0.4, 0.5) is 0 Å². The number of methoxy groups -OCH3 is 1. The fourth-order valence-corrected chi connectivity index (χ4v) is 2.09. The molecule has 0 radical (unpaired) electrons. The highest BCUT2D eigenvalue weighted by Gasteiger charge is 2.11. The van der Waals surface area contributed by atoms with E-state index >= 15 is 0 Å². The molecule has 1 rings (SSSR count). The molecule has 102 valence electrons. The summed E-state index contributed by atoms with van der Waals surface area (Å²) < 4.78 is 20.8. The zero-order valence-electron chi connectivity index (χ0n) is 10.9. The van der Waals surface area contributed by atoms with Crippen LogP contribution in [0.1, 0.15) is 29.7 Å². The standard InChI is InChI=1S/C12H19NO4S/c1-9(6-7-18(3)15)13-8-10-4-5-11(17-10)12(14)16-2/h4-5,9,13H,6-8H2,1-3H3. The van der Waals surface area contributed by atoms with Crippen LogP contribution in [0.2, 0.25) is 0 Å². The quantitative estimate of drug-likeness (QED) is 0.759. The molecule has 0 saturated heterocycles. The molecule has 1 aromatic heterocycles. The van der Waals surface area contributed by atoms with Crippen LogP contribution in [0.3, 0.4) is 0 Å². The average molecular weight is 273 g/mol. The molecule has 0 saturated carbocycles. The first-order chi connectivity index (χ1) is 8.52. The molecule has 1 aromatic rings. The van der Waals surface area contributed by atoms with Gasteiger partial charge in [-0.05, 0) is 25.5 Å². The predicted molar refractivity (Wildman–Crippen MR) is 69.9 cm³/mol. The average Bonchev–Trinajstić information content (AvgIpc) is 2.81. The third kappa shape index (κ3) is 5.01. The lowest BCUT2D eigenvalue weighted by molar-refractivity contribution is 0.0563. The Balaban J connectivity index is 2.37. The lowest BCUT2D eigenvalue weighted by Crippen LogP contribution is -2.26. The monoisotopic (exact) mass is 273 g/mol. The third-order valence-corrected chi connectivity index (χ3v) is 3.32. The molecule has 2 atom stereocenters. The number of carbonyl (C=O) groups is 1. The number of ether oxygens (including phenoxy) is 1. The number of carbonyl (C=O) groups excluding carboxylic acids is 1. The fourth-order valence-electron chi connectivity index (χ4n) is 1.40. The number of hydrogen-bond donors (Lipinski definition) is 1. The van der Waals surface area contributed by atoms with Gasteiger partial charge in [-0.25, -0.2) is 4.79 Å². The second-order valence-corrected chi connectivity index (χ2v) is 5.66. The van der Waals surface area contributed by atoms with E-state index in [-0.39, 0.29) is 11.8 Å². The third-order valence-electron chi connectivity index (χ3n) is 2.51. The van der Waals surface area contributed by atoms with Gasteiger partial charge in [0.05, 0.1) is 13.7 Å². The van der Waals surface area contributed by atoms with Gasteiger partial charge in [0, 0.05) is 28.9 Å². The highest BCUT2D eigenvalue weighted by Crippen LogP contribution is 2.09. The van der Waals surface area contributed by atoms with E-state index in [2.05, 4.69) is 10.1 Å². The Morgan fingerprint density at radius 3 is 2.89 bits per heavy atom. The Kier molecular flexibility index (Phi) is 6.07. The van der Waals surface area contributed by atoms with Gasteiger partial charge in [-0.3, -0.25) is 4.21 Å². The molecule has 0 aliphatic rings. The van der Waals surface area contributed by atoms with Crippen molar-refractivity contribution < 1.29 is 18.2 Å². The minimum Gasteiger partial charge on any atom is -0.463 e. The van der Waals surface area contributed by atoms with Gasteiger partial charge in [-0.15, -0.1) is 0 Å². The summed E-state index contributed by atoms with van der Waals surface area (Å²) in [6.45, 7) is 2.56. The van der Waals surface area contributed by atoms with Crippen molar-refractivity contribution in [3.63, 3.8) is 0 Å². The minimum atomic E-state index is -0.762. The highest BCUT2D eigenvalue weighted by atomic mass is 32.2. The molecule has 1 heterocycles. The maximum absolute atomic E-state index is 11.2.